The summed E-state index contributed by atoms with van der Waals surface area (Å²) in [7, 11) is 0. The van der Waals surface area contributed by atoms with Crippen molar-refractivity contribution in [1.82, 2.24) is 4.57 Å². The third kappa shape index (κ3) is 3.61. The van der Waals surface area contributed by atoms with E-state index in [1.54, 1.807) is 37.3 Å². The molecular formula is C18H17Cl2NO5. The molecule has 0 amide bonds. The molecule has 1 unspecified atom stereocenters. The molecule has 0 spiro atoms. The molecule has 1 heterocycles. The van der Waals surface area contributed by atoms with E-state index in [1.165, 1.54) is 10.6 Å². The minimum absolute atomic E-state index is 0.0524. The molecule has 0 radical (unpaired) electrons. The first kappa shape index (κ1) is 20.0. The van der Waals surface area contributed by atoms with Crippen LogP contribution in [-0.2, 0) is 9.59 Å². The monoisotopic (exact) mass is 397 g/mol. The van der Waals surface area contributed by atoms with Crippen LogP contribution in [0.2, 0.25) is 10.2 Å². The Morgan fingerprint density at radius 1 is 1.12 bits per heavy atom. The fourth-order valence-corrected chi connectivity index (χ4v) is 3.27. The molecule has 1 atom stereocenters. The minimum Gasteiger partial charge on any atom is -0.480 e. The topological polar surface area (TPSA) is 96.6 Å². The molecule has 0 saturated carbocycles. The second-order valence-corrected chi connectivity index (χ2v) is 6.99. The summed E-state index contributed by atoms with van der Waals surface area (Å²) >= 11 is 12.3. The lowest BCUT2D eigenvalue weighted by Crippen LogP contribution is -2.38. The molecule has 0 aliphatic carbocycles. The van der Waals surface area contributed by atoms with Gasteiger partial charge in [0.2, 0.25) is 5.78 Å². The smallest absolute Gasteiger partial charge is 0.320 e. The molecular weight excluding hydrogens is 381 g/mol. The zero-order valence-corrected chi connectivity index (χ0v) is 15.6. The van der Waals surface area contributed by atoms with Gasteiger partial charge in [-0.1, -0.05) is 53.5 Å². The Labute approximate surface area is 160 Å². The quantitative estimate of drug-likeness (QED) is 0.540. The highest BCUT2D eigenvalue weighted by Crippen LogP contribution is 2.36. The van der Waals surface area contributed by atoms with Crippen LogP contribution in [0.4, 0.5) is 0 Å². The minimum atomic E-state index is -2.04. The first-order chi connectivity index (χ1) is 12.1. The third-order valence-electron chi connectivity index (χ3n) is 4.29. The molecule has 2 aromatic rings. The molecule has 2 rings (SSSR count). The van der Waals surface area contributed by atoms with Crippen molar-refractivity contribution in [2.45, 2.75) is 26.3 Å². The Morgan fingerprint density at radius 2 is 1.65 bits per heavy atom. The lowest BCUT2D eigenvalue weighted by Gasteiger charge is -2.26. The van der Waals surface area contributed by atoms with E-state index in [1.807, 2.05) is 0 Å². The van der Waals surface area contributed by atoms with Gasteiger partial charge in [-0.15, -0.1) is 0 Å². The second kappa shape index (κ2) is 7.51. The van der Waals surface area contributed by atoms with Crippen LogP contribution in [-0.4, -0.2) is 32.5 Å². The van der Waals surface area contributed by atoms with Gasteiger partial charge in [0, 0.05) is 11.6 Å². The van der Waals surface area contributed by atoms with Gasteiger partial charge in [0.05, 0.1) is 10.7 Å². The van der Waals surface area contributed by atoms with Gasteiger partial charge < -0.3 is 14.8 Å². The predicted molar refractivity (Wildman–Crippen MR) is 97.0 cm³/mol. The van der Waals surface area contributed by atoms with Gasteiger partial charge in [0.25, 0.3) is 0 Å². The Morgan fingerprint density at radius 3 is 2.15 bits per heavy atom. The first-order valence-corrected chi connectivity index (χ1v) is 8.48. The molecule has 0 fully saturated rings. The molecule has 1 aromatic heterocycles. The third-order valence-corrected chi connectivity index (χ3v) is 5.06. The highest BCUT2D eigenvalue weighted by atomic mass is 35.5. The van der Waals surface area contributed by atoms with Gasteiger partial charge in [-0.25, -0.2) is 0 Å². The molecule has 0 saturated heterocycles. The molecule has 0 aliphatic heterocycles. The molecule has 2 N–H and O–H groups in total. The van der Waals surface area contributed by atoms with E-state index < -0.39 is 23.4 Å². The SMILES string of the molecule is CC(CC(C)(C(=O)O)C(=O)O)n1c(C(=O)c2ccccc2)cc(Cl)c1Cl. The van der Waals surface area contributed by atoms with Crippen molar-refractivity contribution in [2.75, 3.05) is 0 Å². The largest absolute Gasteiger partial charge is 0.480 e. The van der Waals surface area contributed by atoms with E-state index in [9.17, 15) is 24.6 Å². The summed E-state index contributed by atoms with van der Waals surface area (Å²) in [5, 5.41) is 18.8. The van der Waals surface area contributed by atoms with Crippen LogP contribution in [0.15, 0.2) is 36.4 Å². The molecule has 1 aromatic carbocycles. The van der Waals surface area contributed by atoms with Crippen LogP contribution >= 0.6 is 23.2 Å². The Balaban J connectivity index is 2.48. The lowest BCUT2D eigenvalue weighted by molar-refractivity contribution is -0.164. The van der Waals surface area contributed by atoms with Crippen LogP contribution < -0.4 is 0 Å². The van der Waals surface area contributed by atoms with Gasteiger partial charge in [0.1, 0.15) is 5.15 Å². The van der Waals surface area contributed by atoms with Crippen molar-refractivity contribution in [3.8, 4) is 0 Å². The number of aliphatic carboxylic acids is 2. The van der Waals surface area contributed by atoms with E-state index >= 15 is 0 Å². The van der Waals surface area contributed by atoms with Crippen LogP contribution in [0.3, 0.4) is 0 Å². The summed E-state index contributed by atoms with van der Waals surface area (Å²) in [4.78, 5) is 35.7. The van der Waals surface area contributed by atoms with Crippen molar-refractivity contribution in [2.24, 2.45) is 5.41 Å². The van der Waals surface area contributed by atoms with E-state index in [-0.39, 0.29) is 28.1 Å². The number of carboxylic acid groups (broad SMARTS) is 2. The summed E-state index contributed by atoms with van der Waals surface area (Å²) in [6.45, 7) is 2.71. The lowest BCUT2D eigenvalue weighted by atomic mass is 9.84. The highest BCUT2D eigenvalue weighted by molar-refractivity contribution is 6.42. The van der Waals surface area contributed by atoms with E-state index in [4.69, 9.17) is 23.2 Å². The average molecular weight is 398 g/mol. The number of carbonyl (C=O) groups excluding carboxylic acids is 1. The number of hydrogen-bond donors (Lipinski definition) is 2. The molecule has 138 valence electrons. The van der Waals surface area contributed by atoms with Crippen LogP contribution in [0.25, 0.3) is 0 Å². The number of halogens is 2. The van der Waals surface area contributed by atoms with Crippen molar-refractivity contribution in [1.29, 1.82) is 0 Å². The van der Waals surface area contributed by atoms with Crippen molar-refractivity contribution in [3.63, 3.8) is 0 Å². The van der Waals surface area contributed by atoms with Crippen LogP contribution in [0.5, 0.6) is 0 Å². The Bertz CT molecular complexity index is 846. The normalized spacial score (nSPS) is 12.6. The summed E-state index contributed by atoms with van der Waals surface area (Å²) in [5.74, 6) is -3.29. The number of rotatable bonds is 7. The maximum atomic E-state index is 12.8. The molecule has 0 bridgehead atoms. The Kier molecular flexibility index (Phi) is 5.78. The number of aromatic nitrogens is 1. The van der Waals surface area contributed by atoms with E-state index in [0.29, 0.717) is 5.56 Å². The average Bonchev–Trinajstić information content (AvgIpc) is 2.89. The van der Waals surface area contributed by atoms with Gasteiger partial charge in [-0.05, 0) is 26.3 Å². The summed E-state index contributed by atoms with van der Waals surface area (Å²) in [6.07, 6.45) is -0.280. The Hall–Kier alpha value is -2.31. The van der Waals surface area contributed by atoms with Gasteiger partial charge in [-0.3, -0.25) is 14.4 Å². The van der Waals surface area contributed by atoms with Gasteiger partial charge in [0.15, 0.2) is 5.41 Å². The predicted octanol–water partition coefficient (Wildman–Crippen LogP) is 4.15. The standard InChI is InChI=1S/C18H17Cl2NO5/c1-10(9-18(2,16(23)24)17(25)26)21-13(8-12(19)15(21)20)14(22)11-6-4-3-5-7-11/h3-8,10H,9H2,1-2H3,(H,23,24)(H,25,26). The van der Waals surface area contributed by atoms with Crippen LogP contribution in [0, 0.1) is 5.41 Å². The fraction of sp³-hybridized carbons (Fsp3) is 0.278. The van der Waals surface area contributed by atoms with Gasteiger partial charge in [-0.2, -0.15) is 0 Å². The zero-order valence-electron chi connectivity index (χ0n) is 14.1. The molecule has 0 aliphatic rings. The van der Waals surface area contributed by atoms with Crippen LogP contribution in [0.1, 0.15) is 42.4 Å². The summed E-state index contributed by atoms with van der Waals surface area (Å²) < 4.78 is 1.38. The van der Waals surface area contributed by atoms with E-state index in [0.717, 1.165) is 6.92 Å². The number of nitrogens with zero attached hydrogens (tertiary/aromatic N) is 1. The maximum absolute atomic E-state index is 12.8. The number of carboxylic acids is 2. The number of benzene rings is 1. The van der Waals surface area contributed by atoms with E-state index in [2.05, 4.69) is 0 Å². The van der Waals surface area contributed by atoms with Crippen molar-refractivity contribution in [3.05, 3.63) is 57.8 Å². The fourth-order valence-electron chi connectivity index (χ4n) is 2.76. The first-order valence-electron chi connectivity index (χ1n) is 7.72. The molecule has 6 nitrogen and oxygen atoms in total. The number of carbonyl (C=O) groups is 3. The molecule has 26 heavy (non-hydrogen) atoms. The van der Waals surface area contributed by atoms with Gasteiger partial charge >= 0.3 is 11.9 Å². The second-order valence-electron chi connectivity index (χ2n) is 6.23. The number of hydrogen-bond acceptors (Lipinski definition) is 3. The van der Waals surface area contributed by atoms with Crippen molar-refractivity contribution < 1.29 is 24.6 Å². The highest BCUT2D eigenvalue weighted by Gasteiger charge is 2.43. The molecule has 8 heteroatoms. The number of ketones is 1. The summed E-state index contributed by atoms with van der Waals surface area (Å²) in [5.41, 5.74) is -1.46. The summed E-state index contributed by atoms with van der Waals surface area (Å²) in [6, 6.07) is 9.14. The maximum Gasteiger partial charge on any atom is 0.320 e. The zero-order chi connectivity index (χ0) is 19.6. The van der Waals surface area contributed by atoms with Crippen molar-refractivity contribution >= 4 is 40.9 Å².